The highest BCUT2D eigenvalue weighted by Crippen LogP contribution is 2.47. The Morgan fingerprint density at radius 2 is 1.98 bits per heavy atom. The van der Waals surface area contributed by atoms with Crippen molar-refractivity contribution in [2.24, 2.45) is 0 Å². The molecule has 2 aromatic carbocycles. The monoisotopic (exact) mass is 594 g/mol. The average Bonchev–Trinajstić information content (AvgIpc) is 2.89. The number of hydrogen-bond acceptors (Lipinski definition) is 5. The Bertz CT molecular complexity index is 1550. The van der Waals surface area contributed by atoms with Crippen LogP contribution in [-0.4, -0.2) is 39.7 Å². The third-order valence-corrected chi connectivity index (χ3v) is 8.36. The van der Waals surface area contributed by atoms with Crippen LogP contribution in [0.3, 0.4) is 0 Å². The molecule has 0 saturated carbocycles. The highest BCUT2D eigenvalue weighted by molar-refractivity contribution is 6.30. The van der Waals surface area contributed by atoms with Crippen LogP contribution in [0, 0.1) is 19.7 Å². The fourth-order valence-corrected chi connectivity index (χ4v) is 6.73. The van der Waals surface area contributed by atoms with Gasteiger partial charge in [-0.25, -0.2) is 9.18 Å². The molecule has 0 saturated heterocycles. The van der Waals surface area contributed by atoms with Crippen molar-refractivity contribution in [3.63, 3.8) is 0 Å². The quantitative estimate of drug-likeness (QED) is 0.315. The number of pyridine rings is 1. The van der Waals surface area contributed by atoms with Crippen LogP contribution in [-0.2, 0) is 34.5 Å². The van der Waals surface area contributed by atoms with E-state index < -0.39 is 23.5 Å². The zero-order valence-electron chi connectivity index (χ0n) is 25.5. The van der Waals surface area contributed by atoms with Gasteiger partial charge in [-0.3, -0.25) is 9.88 Å². The third kappa shape index (κ3) is 5.92. The Morgan fingerprint density at radius 3 is 2.64 bits per heavy atom. The number of ether oxygens (including phenoxy) is 2. The number of rotatable bonds is 6. The number of halogens is 2. The number of carboxylic acids is 1. The van der Waals surface area contributed by atoms with Crippen molar-refractivity contribution in [3.05, 3.63) is 80.4 Å². The Morgan fingerprint density at radius 1 is 1.24 bits per heavy atom. The first-order valence-corrected chi connectivity index (χ1v) is 14.9. The molecule has 0 spiro atoms. The van der Waals surface area contributed by atoms with Gasteiger partial charge in [-0.2, -0.15) is 0 Å². The summed E-state index contributed by atoms with van der Waals surface area (Å²) in [4.78, 5) is 20.3. The second-order valence-electron chi connectivity index (χ2n) is 13.2. The van der Waals surface area contributed by atoms with E-state index in [-0.39, 0.29) is 5.41 Å². The van der Waals surface area contributed by atoms with Gasteiger partial charge in [0.25, 0.3) is 0 Å². The maximum atomic E-state index is 15.7. The van der Waals surface area contributed by atoms with Crippen molar-refractivity contribution in [2.45, 2.75) is 91.5 Å². The van der Waals surface area contributed by atoms with E-state index in [1.165, 1.54) is 6.07 Å². The van der Waals surface area contributed by atoms with Crippen LogP contribution in [0.5, 0.6) is 5.75 Å². The lowest BCUT2D eigenvalue weighted by molar-refractivity contribution is -0.160. The number of benzene rings is 2. The first-order chi connectivity index (χ1) is 19.7. The molecule has 1 unspecified atom stereocenters. The normalized spacial score (nSPS) is 17.3. The van der Waals surface area contributed by atoms with Crippen molar-refractivity contribution in [3.8, 4) is 16.9 Å². The second kappa shape index (κ2) is 11.3. The van der Waals surface area contributed by atoms with E-state index in [2.05, 4.69) is 24.8 Å². The largest absolute Gasteiger partial charge is 0.490 e. The predicted octanol–water partition coefficient (Wildman–Crippen LogP) is 7.72. The molecular weight excluding hydrogens is 555 g/mol. The molecule has 3 heterocycles. The molecular formula is C34H40ClFN2O4. The van der Waals surface area contributed by atoms with Crippen molar-refractivity contribution < 1.29 is 23.8 Å². The summed E-state index contributed by atoms with van der Waals surface area (Å²) in [5, 5.41) is 11.2. The van der Waals surface area contributed by atoms with Gasteiger partial charge in [0.15, 0.2) is 17.7 Å². The van der Waals surface area contributed by atoms with E-state index in [9.17, 15) is 9.90 Å². The molecule has 1 N–H and O–H groups in total. The van der Waals surface area contributed by atoms with E-state index in [0.29, 0.717) is 59.3 Å². The molecule has 6 nitrogen and oxygen atoms in total. The molecule has 1 aromatic heterocycles. The summed E-state index contributed by atoms with van der Waals surface area (Å²) in [7, 11) is 0. The number of aromatic nitrogens is 1. The minimum absolute atomic E-state index is 0.298. The van der Waals surface area contributed by atoms with Gasteiger partial charge in [-0.05, 0) is 93.5 Å². The van der Waals surface area contributed by atoms with E-state index in [0.717, 1.165) is 40.9 Å². The number of hydrogen-bond donors (Lipinski definition) is 1. The van der Waals surface area contributed by atoms with Gasteiger partial charge in [0, 0.05) is 46.9 Å². The van der Waals surface area contributed by atoms with E-state index in [1.807, 2.05) is 52.8 Å². The van der Waals surface area contributed by atoms with Crippen LogP contribution < -0.4 is 4.74 Å². The van der Waals surface area contributed by atoms with Gasteiger partial charge < -0.3 is 14.6 Å². The van der Waals surface area contributed by atoms with Gasteiger partial charge in [0.2, 0.25) is 0 Å². The highest BCUT2D eigenvalue weighted by Gasteiger charge is 2.40. The van der Waals surface area contributed by atoms with Gasteiger partial charge in [-0.1, -0.05) is 37.6 Å². The fraction of sp³-hybridized carbons (Fsp3) is 0.471. The van der Waals surface area contributed by atoms with Gasteiger partial charge >= 0.3 is 5.97 Å². The maximum absolute atomic E-state index is 15.7. The topological polar surface area (TPSA) is 71.9 Å². The fourth-order valence-electron chi connectivity index (χ4n) is 6.52. The maximum Gasteiger partial charge on any atom is 0.337 e. The van der Waals surface area contributed by atoms with Gasteiger partial charge in [0.05, 0.1) is 17.9 Å². The lowest BCUT2D eigenvalue weighted by atomic mass is 9.76. The summed E-state index contributed by atoms with van der Waals surface area (Å²) in [5.74, 6) is -1.25. The lowest BCUT2D eigenvalue weighted by Gasteiger charge is -2.41. The van der Waals surface area contributed by atoms with E-state index >= 15 is 4.39 Å². The Kier molecular flexibility index (Phi) is 8.16. The molecule has 0 fully saturated rings. The number of carbonyl (C=O) groups is 1. The lowest BCUT2D eigenvalue weighted by Crippen LogP contribution is -2.43. The second-order valence-corrected chi connectivity index (χ2v) is 13.6. The minimum Gasteiger partial charge on any atom is -0.490 e. The summed E-state index contributed by atoms with van der Waals surface area (Å²) >= 11 is 6.31. The zero-order chi connectivity index (χ0) is 30.6. The minimum atomic E-state index is -1.29. The molecule has 0 bridgehead atoms. The summed E-state index contributed by atoms with van der Waals surface area (Å²) in [6.45, 7) is 16.0. The van der Waals surface area contributed by atoms with Crippen molar-refractivity contribution in [1.82, 2.24) is 9.88 Å². The van der Waals surface area contributed by atoms with Crippen LogP contribution in [0.1, 0.15) is 86.3 Å². The molecule has 8 heteroatoms. The Balaban J connectivity index is 1.79. The third-order valence-electron chi connectivity index (χ3n) is 8.13. The molecule has 224 valence electrons. The molecule has 0 amide bonds. The predicted molar refractivity (Wildman–Crippen MR) is 163 cm³/mol. The van der Waals surface area contributed by atoms with Gasteiger partial charge in [0.1, 0.15) is 0 Å². The van der Waals surface area contributed by atoms with Crippen LogP contribution in [0.2, 0.25) is 5.02 Å². The van der Waals surface area contributed by atoms with Crippen molar-refractivity contribution >= 4 is 17.6 Å². The molecule has 5 rings (SSSR count). The molecule has 0 aliphatic carbocycles. The number of carboxylic acid groups (broad SMARTS) is 1. The zero-order valence-corrected chi connectivity index (χ0v) is 26.3. The smallest absolute Gasteiger partial charge is 0.337 e. The van der Waals surface area contributed by atoms with Crippen LogP contribution in [0.25, 0.3) is 11.1 Å². The number of aliphatic carboxylic acids is 1. The van der Waals surface area contributed by atoms with Gasteiger partial charge in [-0.15, -0.1) is 0 Å². The number of fused-ring (bicyclic) bond motifs is 2. The van der Waals surface area contributed by atoms with E-state index in [1.54, 1.807) is 0 Å². The first-order valence-electron chi connectivity index (χ1n) is 14.5. The standard InChI is InChI=1S/C34H40ClFN2O4/c1-19-23-12-9-13-41-29(23)26(36)15-24(19)28-25-17-38(16-21-10-8-11-22(35)14-21)18-34(6,7)31(25)37-20(2)27(28)30(32(39)40)42-33(3,4)5/h8,10-11,14-15,30H,9,12-13,16-18H2,1-7H3,(H,39,40). The Labute approximate surface area is 252 Å². The number of nitrogens with zero attached hydrogens (tertiary/aromatic N) is 2. The van der Waals surface area contributed by atoms with Crippen molar-refractivity contribution in [2.75, 3.05) is 13.2 Å². The summed E-state index contributed by atoms with van der Waals surface area (Å²) < 4.78 is 27.7. The van der Waals surface area contributed by atoms with E-state index in [4.69, 9.17) is 26.1 Å². The van der Waals surface area contributed by atoms with Crippen LogP contribution in [0.15, 0.2) is 30.3 Å². The highest BCUT2D eigenvalue weighted by atomic mass is 35.5. The molecule has 1 atom stereocenters. The average molecular weight is 595 g/mol. The van der Waals surface area contributed by atoms with Crippen molar-refractivity contribution in [1.29, 1.82) is 0 Å². The molecule has 2 aliphatic heterocycles. The summed E-state index contributed by atoms with van der Waals surface area (Å²) in [6.07, 6.45) is 0.197. The van der Waals surface area contributed by atoms with Crippen LogP contribution in [0.4, 0.5) is 4.39 Å². The molecule has 2 aliphatic rings. The molecule has 0 radical (unpaired) electrons. The first kappa shape index (κ1) is 30.5. The Hall–Kier alpha value is -3.00. The van der Waals surface area contributed by atoms with Crippen LogP contribution >= 0.6 is 11.6 Å². The number of aryl methyl sites for hydroxylation is 1. The SMILES string of the molecule is Cc1nc2c(c(-c3cc(F)c4c(c3C)CCCO4)c1C(OC(C)(C)C)C(=O)O)CN(Cc1cccc(Cl)c1)CC2(C)C. The summed E-state index contributed by atoms with van der Waals surface area (Å²) in [5.41, 5.74) is 5.90. The molecule has 3 aromatic rings. The summed E-state index contributed by atoms with van der Waals surface area (Å²) in [6, 6.07) is 9.32. The molecule has 42 heavy (non-hydrogen) atoms.